The number of esters is 1. The summed E-state index contributed by atoms with van der Waals surface area (Å²) >= 11 is 0. The lowest BCUT2D eigenvalue weighted by Gasteiger charge is -2.28. The fourth-order valence-corrected chi connectivity index (χ4v) is 1.47. The number of methoxy groups -OCH3 is 1. The number of hydrogen-bond acceptors (Lipinski definition) is 3. The van der Waals surface area contributed by atoms with E-state index in [1.807, 2.05) is 0 Å². The fourth-order valence-electron chi connectivity index (χ4n) is 1.47. The molecule has 1 rings (SSSR count). The monoisotopic (exact) mass is 207 g/mol. The molecule has 0 N–H and O–H groups in total. The standard InChI is InChI=1S/C9H17NO2.ClH/c1-8-3-5-10(6-4-8)7-9(11)12-2;/h8H,3-7H2,1-2H3;1H. The van der Waals surface area contributed by atoms with E-state index in [0.29, 0.717) is 6.54 Å². The van der Waals surface area contributed by atoms with Gasteiger partial charge in [0.1, 0.15) is 0 Å². The van der Waals surface area contributed by atoms with Gasteiger partial charge in [-0.15, -0.1) is 12.4 Å². The van der Waals surface area contributed by atoms with Gasteiger partial charge < -0.3 is 4.74 Å². The zero-order valence-corrected chi connectivity index (χ0v) is 9.10. The van der Waals surface area contributed by atoms with E-state index in [1.165, 1.54) is 20.0 Å². The predicted octanol–water partition coefficient (Wildman–Crippen LogP) is 1.31. The Morgan fingerprint density at radius 3 is 2.46 bits per heavy atom. The maximum Gasteiger partial charge on any atom is 0.319 e. The molecular formula is C9H18ClNO2. The SMILES string of the molecule is COC(=O)CN1CCC(C)CC1.Cl. The molecule has 1 heterocycles. The Morgan fingerprint density at radius 2 is 2.00 bits per heavy atom. The molecule has 3 nitrogen and oxygen atoms in total. The highest BCUT2D eigenvalue weighted by Crippen LogP contribution is 2.15. The number of hydrogen-bond donors (Lipinski definition) is 0. The summed E-state index contributed by atoms with van der Waals surface area (Å²) in [6, 6.07) is 0. The Balaban J connectivity index is 0.00000144. The Morgan fingerprint density at radius 1 is 1.46 bits per heavy atom. The molecule has 1 fully saturated rings. The second kappa shape index (κ2) is 6.22. The van der Waals surface area contributed by atoms with Gasteiger partial charge in [0.15, 0.2) is 0 Å². The Bertz CT molecular complexity index is 156. The summed E-state index contributed by atoms with van der Waals surface area (Å²) in [5, 5.41) is 0. The summed E-state index contributed by atoms with van der Waals surface area (Å²) in [5.41, 5.74) is 0. The van der Waals surface area contributed by atoms with Crippen LogP contribution in [0.25, 0.3) is 0 Å². The first-order chi connectivity index (χ1) is 5.72. The zero-order chi connectivity index (χ0) is 8.97. The third kappa shape index (κ3) is 4.48. The van der Waals surface area contributed by atoms with Gasteiger partial charge in [-0.25, -0.2) is 0 Å². The highest BCUT2D eigenvalue weighted by Gasteiger charge is 2.17. The lowest BCUT2D eigenvalue weighted by molar-refractivity contribution is -0.142. The molecule has 13 heavy (non-hydrogen) atoms. The van der Waals surface area contributed by atoms with E-state index >= 15 is 0 Å². The van der Waals surface area contributed by atoms with Crippen molar-refractivity contribution < 1.29 is 9.53 Å². The van der Waals surface area contributed by atoms with Gasteiger partial charge in [0.25, 0.3) is 0 Å². The molecule has 0 aromatic rings. The van der Waals surface area contributed by atoms with E-state index < -0.39 is 0 Å². The molecule has 4 heteroatoms. The second-order valence-electron chi connectivity index (χ2n) is 3.53. The van der Waals surface area contributed by atoms with Gasteiger partial charge in [0.05, 0.1) is 13.7 Å². The van der Waals surface area contributed by atoms with E-state index in [4.69, 9.17) is 0 Å². The first-order valence-electron chi connectivity index (χ1n) is 4.51. The lowest BCUT2D eigenvalue weighted by Crippen LogP contribution is -2.37. The molecule has 0 bridgehead atoms. The van der Waals surface area contributed by atoms with Crippen molar-refractivity contribution in [3.63, 3.8) is 0 Å². The summed E-state index contributed by atoms with van der Waals surface area (Å²) < 4.78 is 4.60. The fraction of sp³-hybridized carbons (Fsp3) is 0.889. The van der Waals surface area contributed by atoms with E-state index in [2.05, 4.69) is 16.6 Å². The van der Waals surface area contributed by atoms with Crippen molar-refractivity contribution in [1.29, 1.82) is 0 Å². The summed E-state index contributed by atoms with van der Waals surface area (Å²) in [5.74, 6) is 0.698. The Kier molecular flexibility index (Phi) is 6.08. The number of carbonyl (C=O) groups is 1. The third-order valence-corrected chi connectivity index (χ3v) is 2.46. The van der Waals surface area contributed by atoms with Crippen LogP contribution in [0.5, 0.6) is 0 Å². The maximum absolute atomic E-state index is 10.9. The minimum absolute atomic E-state index is 0. The molecule has 0 amide bonds. The second-order valence-corrected chi connectivity index (χ2v) is 3.53. The lowest BCUT2D eigenvalue weighted by atomic mass is 9.99. The normalized spacial score (nSPS) is 19.2. The van der Waals surface area contributed by atoms with E-state index in [9.17, 15) is 4.79 Å². The van der Waals surface area contributed by atoms with Crippen LogP contribution in [-0.2, 0) is 9.53 Å². The molecule has 0 spiro atoms. The van der Waals surface area contributed by atoms with Gasteiger partial charge in [-0.3, -0.25) is 9.69 Å². The van der Waals surface area contributed by atoms with Crippen LogP contribution >= 0.6 is 12.4 Å². The molecule has 1 aliphatic heterocycles. The van der Waals surface area contributed by atoms with Crippen molar-refractivity contribution in [1.82, 2.24) is 4.90 Å². The number of likely N-dealkylation sites (tertiary alicyclic amines) is 1. The van der Waals surface area contributed by atoms with E-state index in [1.54, 1.807) is 0 Å². The van der Waals surface area contributed by atoms with Gasteiger partial charge in [0.2, 0.25) is 0 Å². The summed E-state index contributed by atoms with van der Waals surface area (Å²) in [4.78, 5) is 13.1. The highest BCUT2D eigenvalue weighted by molar-refractivity contribution is 5.85. The quantitative estimate of drug-likeness (QED) is 0.640. The number of carbonyl (C=O) groups excluding carboxylic acids is 1. The van der Waals surface area contributed by atoms with E-state index in [0.717, 1.165) is 19.0 Å². The van der Waals surface area contributed by atoms with Crippen molar-refractivity contribution in [2.75, 3.05) is 26.7 Å². The van der Waals surface area contributed by atoms with Crippen LogP contribution in [0.15, 0.2) is 0 Å². The van der Waals surface area contributed by atoms with Crippen molar-refractivity contribution in [3.05, 3.63) is 0 Å². The first-order valence-corrected chi connectivity index (χ1v) is 4.51. The smallest absolute Gasteiger partial charge is 0.319 e. The van der Waals surface area contributed by atoms with Crippen molar-refractivity contribution in [2.45, 2.75) is 19.8 Å². The average molecular weight is 208 g/mol. The van der Waals surface area contributed by atoms with Gasteiger partial charge >= 0.3 is 5.97 Å². The summed E-state index contributed by atoms with van der Waals surface area (Å²) in [6.45, 7) is 4.80. The van der Waals surface area contributed by atoms with Crippen molar-refractivity contribution in [2.24, 2.45) is 5.92 Å². The highest BCUT2D eigenvalue weighted by atomic mass is 35.5. The number of ether oxygens (including phenoxy) is 1. The van der Waals surface area contributed by atoms with Crippen LogP contribution in [-0.4, -0.2) is 37.6 Å². The van der Waals surface area contributed by atoms with Gasteiger partial charge in [-0.05, 0) is 31.8 Å². The minimum atomic E-state index is -0.121. The van der Waals surface area contributed by atoms with Crippen molar-refractivity contribution in [3.8, 4) is 0 Å². The Hall–Kier alpha value is -0.280. The molecule has 0 aromatic heterocycles. The molecule has 0 radical (unpaired) electrons. The third-order valence-electron chi connectivity index (χ3n) is 2.46. The molecule has 78 valence electrons. The molecule has 1 saturated heterocycles. The summed E-state index contributed by atoms with van der Waals surface area (Å²) in [6.07, 6.45) is 2.41. The van der Waals surface area contributed by atoms with Crippen LogP contribution < -0.4 is 0 Å². The number of piperidine rings is 1. The van der Waals surface area contributed by atoms with Crippen LogP contribution in [0.2, 0.25) is 0 Å². The molecule has 1 aliphatic rings. The van der Waals surface area contributed by atoms with Crippen LogP contribution in [0.4, 0.5) is 0 Å². The average Bonchev–Trinajstić information content (AvgIpc) is 2.09. The minimum Gasteiger partial charge on any atom is -0.468 e. The molecule has 0 aromatic carbocycles. The first kappa shape index (κ1) is 12.7. The largest absolute Gasteiger partial charge is 0.468 e. The van der Waals surface area contributed by atoms with Crippen molar-refractivity contribution >= 4 is 18.4 Å². The van der Waals surface area contributed by atoms with Crippen LogP contribution in [0.1, 0.15) is 19.8 Å². The zero-order valence-electron chi connectivity index (χ0n) is 8.28. The molecule has 0 atom stereocenters. The topological polar surface area (TPSA) is 29.5 Å². The molecule has 0 aliphatic carbocycles. The number of rotatable bonds is 2. The van der Waals surface area contributed by atoms with Gasteiger partial charge in [-0.2, -0.15) is 0 Å². The summed E-state index contributed by atoms with van der Waals surface area (Å²) in [7, 11) is 1.44. The number of nitrogens with zero attached hydrogens (tertiary/aromatic N) is 1. The van der Waals surface area contributed by atoms with Crippen LogP contribution in [0, 0.1) is 5.92 Å². The molecule has 0 saturated carbocycles. The maximum atomic E-state index is 10.9. The van der Waals surface area contributed by atoms with Gasteiger partial charge in [0, 0.05) is 0 Å². The van der Waals surface area contributed by atoms with Gasteiger partial charge in [-0.1, -0.05) is 6.92 Å². The van der Waals surface area contributed by atoms with E-state index in [-0.39, 0.29) is 18.4 Å². The molecule has 0 unspecified atom stereocenters. The predicted molar refractivity (Wildman–Crippen MR) is 54.1 cm³/mol. The van der Waals surface area contributed by atoms with Crippen LogP contribution in [0.3, 0.4) is 0 Å². The Labute approximate surface area is 85.8 Å². The molecular weight excluding hydrogens is 190 g/mol. The number of halogens is 1.